The highest BCUT2D eigenvalue weighted by molar-refractivity contribution is 9.10. The maximum atomic E-state index is 12.1. The number of ether oxygens (including phenoxy) is 2. The summed E-state index contributed by atoms with van der Waals surface area (Å²) in [5, 5.41) is 0. The first kappa shape index (κ1) is 19.0. The molecule has 0 spiro atoms. The molecule has 2 rings (SSSR count). The molecule has 1 aliphatic rings. The van der Waals surface area contributed by atoms with Crippen molar-refractivity contribution in [2.75, 3.05) is 6.61 Å². The van der Waals surface area contributed by atoms with Gasteiger partial charge in [-0.05, 0) is 48.8 Å². The van der Waals surface area contributed by atoms with Crippen molar-refractivity contribution in [1.29, 1.82) is 0 Å². The van der Waals surface area contributed by atoms with Gasteiger partial charge in [0.1, 0.15) is 6.10 Å². The quantitative estimate of drug-likeness (QED) is 0.681. The Kier molecular flexibility index (Phi) is 6.84. The molecule has 4 nitrogen and oxygen atoms in total. The van der Waals surface area contributed by atoms with E-state index in [1.807, 2.05) is 6.07 Å². The maximum Gasteiger partial charge on any atom is 0.344 e. The predicted molar refractivity (Wildman–Crippen MR) is 95.6 cm³/mol. The van der Waals surface area contributed by atoms with Crippen molar-refractivity contribution in [3.63, 3.8) is 0 Å². The molecule has 0 bridgehead atoms. The Hall–Kier alpha value is -1.36. The fraction of sp³-hybridized carbons (Fsp3) is 0.579. The lowest BCUT2D eigenvalue weighted by Gasteiger charge is -2.36. The zero-order chi connectivity index (χ0) is 17.7. The first-order valence-electron chi connectivity index (χ1n) is 8.49. The fourth-order valence-corrected chi connectivity index (χ4v) is 3.68. The summed E-state index contributed by atoms with van der Waals surface area (Å²) in [5.74, 6) is 0.418. The molecule has 5 heteroatoms. The van der Waals surface area contributed by atoms with Crippen LogP contribution >= 0.6 is 15.9 Å². The minimum absolute atomic E-state index is 0.0779. The second-order valence-corrected chi connectivity index (χ2v) is 7.86. The third-order valence-corrected chi connectivity index (χ3v) is 5.12. The molecule has 0 aromatic heterocycles. The van der Waals surface area contributed by atoms with Crippen molar-refractivity contribution in [2.24, 2.45) is 17.8 Å². The van der Waals surface area contributed by atoms with Gasteiger partial charge in [0, 0.05) is 4.47 Å². The van der Waals surface area contributed by atoms with Crippen LogP contribution in [0.3, 0.4) is 0 Å². The van der Waals surface area contributed by atoms with Crippen LogP contribution in [0.5, 0.6) is 0 Å². The summed E-state index contributed by atoms with van der Waals surface area (Å²) in [7, 11) is 0. The highest BCUT2D eigenvalue weighted by atomic mass is 79.9. The molecule has 3 unspecified atom stereocenters. The molecule has 1 saturated carbocycles. The van der Waals surface area contributed by atoms with E-state index in [-0.39, 0.29) is 12.7 Å². The van der Waals surface area contributed by atoms with Gasteiger partial charge >= 0.3 is 11.9 Å². The lowest BCUT2D eigenvalue weighted by molar-refractivity contribution is -0.159. The second-order valence-electron chi connectivity index (χ2n) is 6.94. The van der Waals surface area contributed by atoms with E-state index in [4.69, 9.17) is 9.47 Å². The minimum Gasteiger partial charge on any atom is -0.460 e. The van der Waals surface area contributed by atoms with Gasteiger partial charge in [-0.3, -0.25) is 0 Å². The Morgan fingerprint density at radius 2 is 2.04 bits per heavy atom. The average Bonchev–Trinajstić information content (AvgIpc) is 2.52. The van der Waals surface area contributed by atoms with Crippen molar-refractivity contribution < 1.29 is 19.1 Å². The number of rotatable bonds is 5. The summed E-state index contributed by atoms with van der Waals surface area (Å²) < 4.78 is 11.5. The topological polar surface area (TPSA) is 52.6 Å². The lowest BCUT2D eigenvalue weighted by Crippen LogP contribution is -2.36. The van der Waals surface area contributed by atoms with Gasteiger partial charge in [-0.15, -0.1) is 0 Å². The Bertz CT molecular complexity index is 584. The van der Waals surface area contributed by atoms with Crippen LogP contribution in [0, 0.1) is 17.8 Å². The van der Waals surface area contributed by atoms with Crippen molar-refractivity contribution in [1.82, 2.24) is 0 Å². The molecule has 0 amide bonds. The van der Waals surface area contributed by atoms with E-state index in [9.17, 15) is 9.59 Å². The maximum absolute atomic E-state index is 12.1. The average molecular weight is 397 g/mol. The van der Waals surface area contributed by atoms with Crippen LogP contribution in [0.1, 0.15) is 50.4 Å². The van der Waals surface area contributed by atoms with E-state index < -0.39 is 11.9 Å². The van der Waals surface area contributed by atoms with Gasteiger partial charge in [-0.25, -0.2) is 9.59 Å². The molecular formula is C19H25BrO4. The second kappa shape index (κ2) is 8.65. The minimum atomic E-state index is -0.523. The van der Waals surface area contributed by atoms with E-state index in [2.05, 4.69) is 36.7 Å². The van der Waals surface area contributed by atoms with Crippen LogP contribution in [0.4, 0.5) is 0 Å². The van der Waals surface area contributed by atoms with E-state index in [1.54, 1.807) is 18.2 Å². The Morgan fingerprint density at radius 1 is 1.29 bits per heavy atom. The number of halogens is 1. The van der Waals surface area contributed by atoms with Gasteiger partial charge in [0.2, 0.25) is 0 Å². The number of benzene rings is 1. The van der Waals surface area contributed by atoms with Crippen LogP contribution in [0.2, 0.25) is 0 Å². The van der Waals surface area contributed by atoms with Crippen LogP contribution in [0.15, 0.2) is 28.7 Å². The third kappa shape index (κ3) is 5.33. The zero-order valence-corrected chi connectivity index (χ0v) is 16.0. The number of hydrogen-bond acceptors (Lipinski definition) is 4. The normalized spacial score (nSPS) is 23.8. The van der Waals surface area contributed by atoms with Gasteiger partial charge < -0.3 is 9.47 Å². The number of carbonyl (C=O) groups is 2. The van der Waals surface area contributed by atoms with Crippen molar-refractivity contribution in [3.8, 4) is 0 Å². The van der Waals surface area contributed by atoms with Crippen molar-refractivity contribution in [2.45, 2.75) is 46.1 Å². The molecule has 0 saturated heterocycles. The van der Waals surface area contributed by atoms with Crippen LogP contribution < -0.4 is 0 Å². The number of hydrogen-bond donors (Lipinski definition) is 0. The van der Waals surface area contributed by atoms with E-state index in [0.717, 1.165) is 17.3 Å². The Labute approximate surface area is 152 Å². The molecular weight excluding hydrogens is 372 g/mol. The van der Waals surface area contributed by atoms with Gasteiger partial charge in [0.25, 0.3) is 0 Å². The molecule has 1 aromatic carbocycles. The Morgan fingerprint density at radius 3 is 2.71 bits per heavy atom. The van der Waals surface area contributed by atoms with E-state index in [1.165, 1.54) is 6.42 Å². The molecule has 0 N–H and O–H groups in total. The fourth-order valence-electron chi connectivity index (χ4n) is 3.28. The Balaban J connectivity index is 1.86. The molecule has 0 aliphatic heterocycles. The molecule has 0 heterocycles. The highest BCUT2D eigenvalue weighted by Crippen LogP contribution is 2.35. The molecule has 1 aromatic rings. The highest BCUT2D eigenvalue weighted by Gasteiger charge is 2.33. The lowest BCUT2D eigenvalue weighted by atomic mass is 9.75. The summed E-state index contributed by atoms with van der Waals surface area (Å²) in [4.78, 5) is 24.0. The first-order valence-corrected chi connectivity index (χ1v) is 9.28. The first-order chi connectivity index (χ1) is 11.4. The predicted octanol–water partition coefficient (Wildman–Crippen LogP) is 4.61. The third-order valence-electron chi connectivity index (χ3n) is 4.63. The molecule has 3 atom stereocenters. The smallest absolute Gasteiger partial charge is 0.344 e. The number of carbonyl (C=O) groups excluding carboxylic acids is 2. The molecule has 1 aliphatic carbocycles. The standard InChI is InChI=1S/C19H25BrO4/c1-12(2)16-8-7-13(3)9-17(16)24-18(21)11-23-19(22)14-5-4-6-15(20)10-14/h4-6,10,12-13,16-17H,7-9,11H2,1-3H3. The summed E-state index contributed by atoms with van der Waals surface area (Å²) in [6, 6.07) is 6.87. The summed E-state index contributed by atoms with van der Waals surface area (Å²) in [5.41, 5.74) is 0.406. The van der Waals surface area contributed by atoms with Crippen LogP contribution in [0.25, 0.3) is 0 Å². The zero-order valence-electron chi connectivity index (χ0n) is 14.5. The largest absolute Gasteiger partial charge is 0.460 e. The van der Waals surface area contributed by atoms with Gasteiger partial charge in [0.15, 0.2) is 6.61 Å². The van der Waals surface area contributed by atoms with Crippen LogP contribution in [-0.2, 0) is 14.3 Å². The summed E-state index contributed by atoms with van der Waals surface area (Å²) >= 11 is 3.30. The molecule has 132 valence electrons. The molecule has 0 radical (unpaired) electrons. The summed E-state index contributed by atoms with van der Waals surface area (Å²) in [6.45, 7) is 6.16. The van der Waals surface area contributed by atoms with E-state index in [0.29, 0.717) is 23.3 Å². The van der Waals surface area contributed by atoms with Crippen molar-refractivity contribution >= 4 is 27.9 Å². The van der Waals surface area contributed by atoms with Gasteiger partial charge in [-0.2, -0.15) is 0 Å². The monoisotopic (exact) mass is 396 g/mol. The SMILES string of the molecule is CC1CCC(C(C)C)C(OC(=O)COC(=O)c2cccc(Br)c2)C1. The van der Waals surface area contributed by atoms with Crippen LogP contribution in [-0.4, -0.2) is 24.6 Å². The summed E-state index contributed by atoms with van der Waals surface area (Å²) in [6.07, 6.45) is 3.06. The van der Waals surface area contributed by atoms with Gasteiger partial charge in [-0.1, -0.05) is 49.2 Å². The molecule has 24 heavy (non-hydrogen) atoms. The molecule has 1 fully saturated rings. The van der Waals surface area contributed by atoms with E-state index >= 15 is 0 Å². The number of esters is 2. The van der Waals surface area contributed by atoms with Gasteiger partial charge in [0.05, 0.1) is 5.56 Å². The van der Waals surface area contributed by atoms with Crippen molar-refractivity contribution in [3.05, 3.63) is 34.3 Å².